The Kier molecular flexibility index (Phi) is 7.27. The van der Waals surface area contributed by atoms with Crippen LogP contribution < -0.4 is 5.32 Å². The molecule has 1 aromatic carbocycles. The van der Waals surface area contributed by atoms with Crippen LogP contribution in [-0.4, -0.2) is 17.6 Å². The van der Waals surface area contributed by atoms with Gasteiger partial charge >= 0.3 is 0 Å². The fourth-order valence-corrected chi connectivity index (χ4v) is 3.30. The van der Waals surface area contributed by atoms with Gasteiger partial charge in [0.15, 0.2) is 0 Å². The molecule has 1 aromatic rings. The normalized spacial score (nSPS) is 15.6. The third-order valence-corrected chi connectivity index (χ3v) is 4.64. The first kappa shape index (κ1) is 16.9. The van der Waals surface area contributed by atoms with Crippen molar-refractivity contribution >= 4 is 5.91 Å². The van der Waals surface area contributed by atoms with Gasteiger partial charge in [0.1, 0.15) is 5.75 Å². The van der Waals surface area contributed by atoms with E-state index in [1.165, 1.54) is 44.1 Å². The Bertz CT molecular complexity index is 435. The van der Waals surface area contributed by atoms with Crippen LogP contribution in [0.25, 0.3) is 0 Å². The number of hydrogen-bond acceptors (Lipinski definition) is 2. The zero-order valence-corrected chi connectivity index (χ0v) is 13.5. The largest absolute Gasteiger partial charge is 0.508 e. The van der Waals surface area contributed by atoms with E-state index in [-0.39, 0.29) is 5.91 Å². The molecule has 2 N–H and O–H groups in total. The average molecular weight is 303 g/mol. The third-order valence-electron chi connectivity index (χ3n) is 4.64. The lowest BCUT2D eigenvalue weighted by molar-refractivity contribution is -0.121. The van der Waals surface area contributed by atoms with Crippen molar-refractivity contribution in [2.24, 2.45) is 5.92 Å². The second kappa shape index (κ2) is 9.50. The molecule has 0 atom stereocenters. The Morgan fingerprint density at radius 1 is 1.09 bits per heavy atom. The van der Waals surface area contributed by atoms with Crippen molar-refractivity contribution in [1.29, 1.82) is 0 Å². The van der Waals surface area contributed by atoms with Gasteiger partial charge in [-0.25, -0.2) is 0 Å². The molecule has 1 fully saturated rings. The first-order chi connectivity index (χ1) is 10.7. The second-order valence-electron chi connectivity index (χ2n) is 6.52. The van der Waals surface area contributed by atoms with Crippen LogP contribution in [0.15, 0.2) is 24.3 Å². The maximum atomic E-state index is 11.8. The summed E-state index contributed by atoms with van der Waals surface area (Å²) in [4.78, 5) is 11.8. The number of rotatable bonds is 8. The fraction of sp³-hybridized carbons (Fsp3) is 0.632. The van der Waals surface area contributed by atoms with Gasteiger partial charge in [0.25, 0.3) is 0 Å². The Balaban J connectivity index is 1.49. The van der Waals surface area contributed by atoms with Crippen molar-refractivity contribution in [3.05, 3.63) is 29.8 Å². The van der Waals surface area contributed by atoms with Gasteiger partial charge in [-0.1, -0.05) is 44.2 Å². The summed E-state index contributed by atoms with van der Waals surface area (Å²) >= 11 is 0. The number of nitrogens with one attached hydrogen (secondary N) is 1. The van der Waals surface area contributed by atoms with Crippen molar-refractivity contribution < 1.29 is 9.90 Å². The minimum Gasteiger partial charge on any atom is -0.508 e. The van der Waals surface area contributed by atoms with Crippen LogP contribution in [0.2, 0.25) is 0 Å². The Morgan fingerprint density at radius 2 is 1.82 bits per heavy atom. The molecule has 0 bridgehead atoms. The van der Waals surface area contributed by atoms with Crippen molar-refractivity contribution in [2.45, 2.75) is 64.2 Å². The Labute approximate surface area is 134 Å². The molecule has 1 saturated carbocycles. The number of benzene rings is 1. The summed E-state index contributed by atoms with van der Waals surface area (Å²) in [5, 5.41) is 12.2. The topological polar surface area (TPSA) is 49.3 Å². The molecule has 0 unspecified atom stereocenters. The van der Waals surface area contributed by atoms with Crippen LogP contribution in [-0.2, 0) is 11.2 Å². The second-order valence-corrected chi connectivity index (χ2v) is 6.52. The monoisotopic (exact) mass is 303 g/mol. The summed E-state index contributed by atoms with van der Waals surface area (Å²) in [6, 6.07) is 7.28. The average Bonchev–Trinajstić information content (AvgIpc) is 2.54. The number of phenols is 1. The van der Waals surface area contributed by atoms with Crippen LogP contribution in [0.1, 0.15) is 63.4 Å². The number of phenolic OH excluding ortho intramolecular Hbond substituents is 1. The minimum atomic E-state index is 0.196. The maximum Gasteiger partial charge on any atom is 0.219 e. The number of carbonyl (C=O) groups is 1. The number of carbonyl (C=O) groups excluding carboxylic acids is 1. The molecular formula is C19H29NO2. The summed E-state index contributed by atoms with van der Waals surface area (Å²) in [6.07, 6.45) is 11.7. The first-order valence-electron chi connectivity index (χ1n) is 8.78. The van der Waals surface area contributed by atoms with Crippen LogP contribution in [0.3, 0.4) is 0 Å². The van der Waals surface area contributed by atoms with Gasteiger partial charge in [-0.15, -0.1) is 0 Å². The van der Waals surface area contributed by atoms with Gasteiger partial charge in [-0.3, -0.25) is 4.79 Å². The fourth-order valence-electron chi connectivity index (χ4n) is 3.30. The van der Waals surface area contributed by atoms with E-state index in [4.69, 9.17) is 0 Å². The smallest absolute Gasteiger partial charge is 0.219 e. The SMILES string of the molecule is O=C(CCCC1CCCCC1)NCCCc1ccc(O)cc1. The summed E-state index contributed by atoms with van der Waals surface area (Å²) < 4.78 is 0. The molecule has 3 nitrogen and oxygen atoms in total. The van der Waals surface area contributed by atoms with Gasteiger partial charge in [-0.2, -0.15) is 0 Å². The van der Waals surface area contributed by atoms with E-state index < -0.39 is 0 Å². The molecule has 1 aliphatic carbocycles. The number of amides is 1. The summed E-state index contributed by atoms with van der Waals surface area (Å²) in [5.74, 6) is 1.37. The van der Waals surface area contributed by atoms with Crippen LogP contribution in [0.5, 0.6) is 5.75 Å². The molecule has 0 radical (unpaired) electrons. The van der Waals surface area contributed by atoms with E-state index in [9.17, 15) is 9.90 Å². The number of aromatic hydroxyl groups is 1. The molecule has 0 saturated heterocycles. The lowest BCUT2D eigenvalue weighted by atomic mass is 9.86. The molecule has 122 valence electrons. The van der Waals surface area contributed by atoms with Gasteiger partial charge in [0.2, 0.25) is 5.91 Å². The minimum absolute atomic E-state index is 0.196. The molecule has 1 amide bonds. The highest BCUT2D eigenvalue weighted by Gasteiger charge is 2.13. The van der Waals surface area contributed by atoms with Gasteiger partial charge in [0.05, 0.1) is 0 Å². The van der Waals surface area contributed by atoms with Crippen LogP contribution >= 0.6 is 0 Å². The van der Waals surface area contributed by atoms with E-state index in [0.29, 0.717) is 12.2 Å². The van der Waals surface area contributed by atoms with Gasteiger partial charge in [-0.05, 0) is 49.3 Å². The Morgan fingerprint density at radius 3 is 2.55 bits per heavy atom. The third kappa shape index (κ3) is 6.50. The lowest BCUT2D eigenvalue weighted by Gasteiger charge is -2.21. The first-order valence-corrected chi connectivity index (χ1v) is 8.78. The standard InChI is InChI=1S/C19H29NO2/c21-18-13-11-17(12-14-18)9-5-15-20-19(22)10-4-8-16-6-2-1-3-7-16/h11-14,16,21H,1-10,15H2,(H,20,22). The molecule has 1 aliphatic rings. The quantitative estimate of drug-likeness (QED) is 0.707. The molecule has 0 heterocycles. The van der Waals surface area contributed by atoms with Crippen molar-refractivity contribution in [3.63, 3.8) is 0 Å². The molecule has 22 heavy (non-hydrogen) atoms. The van der Waals surface area contributed by atoms with Gasteiger partial charge < -0.3 is 10.4 Å². The molecule has 0 spiro atoms. The number of hydrogen-bond donors (Lipinski definition) is 2. The van der Waals surface area contributed by atoms with Crippen LogP contribution in [0.4, 0.5) is 0 Å². The summed E-state index contributed by atoms with van der Waals surface area (Å²) in [7, 11) is 0. The highest BCUT2D eigenvalue weighted by atomic mass is 16.3. The highest BCUT2D eigenvalue weighted by molar-refractivity contribution is 5.75. The lowest BCUT2D eigenvalue weighted by Crippen LogP contribution is -2.24. The predicted octanol–water partition coefficient (Wildman–Crippen LogP) is 4.19. The van der Waals surface area contributed by atoms with E-state index >= 15 is 0 Å². The van der Waals surface area contributed by atoms with E-state index in [1.807, 2.05) is 12.1 Å². The predicted molar refractivity (Wildman–Crippen MR) is 89.9 cm³/mol. The Hall–Kier alpha value is -1.51. The van der Waals surface area contributed by atoms with E-state index in [0.717, 1.165) is 31.7 Å². The maximum absolute atomic E-state index is 11.8. The number of aryl methyl sites for hydroxylation is 1. The van der Waals surface area contributed by atoms with Gasteiger partial charge in [0, 0.05) is 13.0 Å². The summed E-state index contributed by atoms with van der Waals surface area (Å²) in [6.45, 7) is 0.739. The van der Waals surface area contributed by atoms with E-state index in [1.54, 1.807) is 12.1 Å². The van der Waals surface area contributed by atoms with Crippen molar-refractivity contribution in [3.8, 4) is 5.75 Å². The molecule has 0 aliphatic heterocycles. The van der Waals surface area contributed by atoms with E-state index in [2.05, 4.69) is 5.32 Å². The van der Waals surface area contributed by atoms with Crippen molar-refractivity contribution in [1.82, 2.24) is 5.32 Å². The molecule has 0 aromatic heterocycles. The zero-order chi connectivity index (χ0) is 15.6. The van der Waals surface area contributed by atoms with Crippen molar-refractivity contribution in [2.75, 3.05) is 6.54 Å². The molecular weight excluding hydrogens is 274 g/mol. The molecule has 2 rings (SSSR count). The summed E-state index contributed by atoms with van der Waals surface area (Å²) in [5.41, 5.74) is 1.20. The zero-order valence-electron chi connectivity index (χ0n) is 13.5. The highest BCUT2D eigenvalue weighted by Crippen LogP contribution is 2.27. The molecule has 3 heteroatoms. The van der Waals surface area contributed by atoms with Crippen LogP contribution in [0, 0.1) is 5.92 Å².